The molecule has 1 N–H and O–H groups in total. The van der Waals surface area contributed by atoms with E-state index in [-0.39, 0.29) is 5.75 Å². The van der Waals surface area contributed by atoms with Gasteiger partial charge in [0.05, 0.1) is 30.4 Å². The summed E-state index contributed by atoms with van der Waals surface area (Å²) in [7, 11) is 1.68. The van der Waals surface area contributed by atoms with Crippen LogP contribution in [0.5, 0.6) is 5.75 Å². The van der Waals surface area contributed by atoms with Gasteiger partial charge < -0.3 is 9.84 Å². The summed E-state index contributed by atoms with van der Waals surface area (Å²) in [6.45, 7) is 0.568. The molecule has 0 radical (unpaired) electrons. The quantitative estimate of drug-likeness (QED) is 0.797. The number of aromatic hydroxyl groups is 1. The number of hydrogen-bond donors (Lipinski definition) is 1. The van der Waals surface area contributed by atoms with Gasteiger partial charge in [-0.2, -0.15) is 0 Å². The van der Waals surface area contributed by atoms with Crippen molar-refractivity contribution in [1.82, 2.24) is 9.97 Å². The lowest BCUT2D eigenvalue weighted by Gasteiger charge is -2.06. The Morgan fingerprint density at radius 2 is 1.68 bits per heavy atom. The predicted octanol–water partition coefficient (Wildman–Crippen LogP) is 3.66. The van der Waals surface area contributed by atoms with E-state index in [9.17, 15) is 5.11 Å². The fourth-order valence-electron chi connectivity index (χ4n) is 2.26. The van der Waals surface area contributed by atoms with Crippen LogP contribution in [-0.4, -0.2) is 22.2 Å². The van der Waals surface area contributed by atoms with Gasteiger partial charge in [-0.15, -0.1) is 0 Å². The Morgan fingerprint density at radius 1 is 0.955 bits per heavy atom. The largest absolute Gasteiger partial charge is 0.508 e. The van der Waals surface area contributed by atoms with Gasteiger partial charge in [0.15, 0.2) is 0 Å². The van der Waals surface area contributed by atoms with Crippen molar-refractivity contribution in [3.05, 3.63) is 66.5 Å². The van der Waals surface area contributed by atoms with E-state index in [4.69, 9.17) is 4.74 Å². The molecule has 3 rings (SSSR count). The summed E-state index contributed by atoms with van der Waals surface area (Å²) in [5.74, 6) is 0.236. The SMILES string of the molecule is COCc1cccc(-c2cncc(-c3ccc(O)cc3)n2)c1. The molecule has 110 valence electrons. The number of methoxy groups -OCH3 is 1. The Labute approximate surface area is 129 Å². The molecule has 0 saturated carbocycles. The van der Waals surface area contributed by atoms with Crippen molar-refractivity contribution in [1.29, 1.82) is 0 Å². The maximum absolute atomic E-state index is 9.37. The topological polar surface area (TPSA) is 55.2 Å². The first-order valence-electron chi connectivity index (χ1n) is 6.96. The van der Waals surface area contributed by atoms with Gasteiger partial charge in [0.1, 0.15) is 5.75 Å². The van der Waals surface area contributed by atoms with Gasteiger partial charge in [0.25, 0.3) is 0 Å². The number of phenols is 1. The summed E-state index contributed by atoms with van der Waals surface area (Å²) in [6, 6.07) is 15.0. The summed E-state index contributed by atoms with van der Waals surface area (Å²) >= 11 is 0. The second kappa shape index (κ2) is 6.37. The normalized spacial score (nSPS) is 10.6. The molecular formula is C18H16N2O2. The molecule has 0 aliphatic carbocycles. The molecule has 1 heterocycles. The standard InChI is InChI=1S/C18H16N2O2/c1-22-12-13-3-2-4-15(9-13)18-11-19-10-17(20-18)14-5-7-16(21)8-6-14/h2-11,21H,12H2,1H3. The number of aromatic nitrogens is 2. The average molecular weight is 292 g/mol. The fourth-order valence-corrected chi connectivity index (χ4v) is 2.26. The molecule has 4 heteroatoms. The summed E-state index contributed by atoms with van der Waals surface area (Å²) in [4.78, 5) is 8.94. The number of nitrogens with zero attached hydrogens (tertiary/aromatic N) is 2. The smallest absolute Gasteiger partial charge is 0.115 e. The van der Waals surface area contributed by atoms with E-state index in [0.29, 0.717) is 6.61 Å². The van der Waals surface area contributed by atoms with E-state index in [1.807, 2.05) is 36.4 Å². The second-order valence-electron chi connectivity index (χ2n) is 4.97. The molecule has 2 aromatic carbocycles. The molecule has 3 aromatic rings. The highest BCUT2D eigenvalue weighted by Crippen LogP contribution is 2.23. The van der Waals surface area contributed by atoms with Gasteiger partial charge in [0, 0.05) is 18.2 Å². The minimum atomic E-state index is 0.236. The maximum atomic E-state index is 9.37. The van der Waals surface area contributed by atoms with Crippen LogP contribution < -0.4 is 0 Å². The molecule has 0 fully saturated rings. The van der Waals surface area contributed by atoms with Crippen molar-refractivity contribution in [3.8, 4) is 28.3 Å². The molecule has 22 heavy (non-hydrogen) atoms. The third-order valence-electron chi connectivity index (χ3n) is 3.33. The number of ether oxygens (including phenoxy) is 1. The average Bonchev–Trinajstić information content (AvgIpc) is 2.56. The van der Waals surface area contributed by atoms with Crippen LogP contribution in [0.15, 0.2) is 60.9 Å². The monoisotopic (exact) mass is 292 g/mol. The Kier molecular flexibility index (Phi) is 4.12. The second-order valence-corrected chi connectivity index (χ2v) is 4.97. The van der Waals surface area contributed by atoms with Gasteiger partial charge >= 0.3 is 0 Å². The van der Waals surface area contributed by atoms with Crippen molar-refractivity contribution < 1.29 is 9.84 Å². The van der Waals surface area contributed by atoms with Gasteiger partial charge in [-0.3, -0.25) is 4.98 Å². The first kappa shape index (κ1) is 14.2. The van der Waals surface area contributed by atoms with E-state index >= 15 is 0 Å². The first-order valence-corrected chi connectivity index (χ1v) is 6.96. The predicted molar refractivity (Wildman–Crippen MR) is 85.3 cm³/mol. The highest BCUT2D eigenvalue weighted by molar-refractivity contribution is 5.65. The molecule has 0 aliphatic heterocycles. The van der Waals surface area contributed by atoms with Gasteiger partial charge in [-0.25, -0.2) is 4.98 Å². The molecule has 0 saturated heterocycles. The Balaban J connectivity index is 1.97. The zero-order valence-corrected chi connectivity index (χ0v) is 12.2. The lowest BCUT2D eigenvalue weighted by atomic mass is 10.1. The number of benzene rings is 2. The molecule has 0 unspecified atom stereocenters. The highest BCUT2D eigenvalue weighted by atomic mass is 16.5. The molecule has 0 aliphatic rings. The zero-order chi connectivity index (χ0) is 15.4. The Morgan fingerprint density at radius 3 is 2.41 bits per heavy atom. The van der Waals surface area contributed by atoms with Gasteiger partial charge in [-0.05, 0) is 35.9 Å². The lowest BCUT2D eigenvalue weighted by molar-refractivity contribution is 0.185. The van der Waals surface area contributed by atoms with Crippen LogP contribution >= 0.6 is 0 Å². The van der Waals surface area contributed by atoms with E-state index in [1.54, 1.807) is 31.6 Å². The highest BCUT2D eigenvalue weighted by Gasteiger charge is 2.05. The molecular weight excluding hydrogens is 276 g/mol. The lowest BCUT2D eigenvalue weighted by Crippen LogP contribution is -1.92. The number of phenolic OH excluding ortho intramolecular Hbond substituents is 1. The van der Waals surface area contributed by atoms with E-state index in [0.717, 1.165) is 28.1 Å². The van der Waals surface area contributed by atoms with Crippen LogP contribution in [0.3, 0.4) is 0 Å². The number of rotatable bonds is 4. The fraction of sp³-hybridized carbons (Fsp3) is 0.111. The molecule has 0 spiro atoms. The van der Waals surface area contributed by atoms with Crippen molar-refractivity contribution in [2.75, 3.05) is 7.11 Å². The van der Waals surface area contributed by atoms with Gasteiger partial charge in [0.2, 0.25) is 0 Å². The molecule has 0 amide bonds. The van der Waals surface area contributed by atoms with E-state index in [1.165, 1.54) is 0 Å². The summed E-state index contributed by atoms with van der Waals surface area (Å²) < 4.78 is 5.16. The van der Waals surface area contributed by atoms with Gasteiger partial charge in [-0.1, -0.05) is 18.2 Å². The van der Waals surface area contributed by atoms with Crippen molar-refractivity contribution in [3.63, 3.8) is 0 Å². The third kappa shape index (κ3) is 3.13. The van der Waals surface area contributed by atoms with Crippen molar-refractivity contribution >= 4 is 0 Å². The number of hydrogen-bond acceptors (Lipinski definition) is 4. The molecule has 0 atom stereocenters. The van der Waals surface area contributed by atoms with Crippen LogP contribution in [0.4, 0.5) is 0 Å². The summed E-state index contributed by atoms with van der Waals surface area (Å²) in [6.07, 6.45) is 3.46. The van der Waals surface area contributed by atoms with Crippen molar-refractivity contribution in [2.24, 2.45) is 0 Å². The third-order valence-corrected chi connectivity index (χ3v) is 3.33. The Bertz CT molecular complexity index is 770. The van der Waals surface area contributed by atoms with Crippen LogP contribution in [-0.2, 0) is 11.3 Å². The first-order chi connectivity index (χ1) is 10.8. The van der Waals surface area contributed by atoms with Crippen LogP contribution in [0, 0.1) is 0 Å². The zero-order valence-electron chi connectivity index (χ0n) is 12.2. The molecule has 4 nitrogen and oxygen atoms in total. The minimum Gasteiger partial charge on any atom is -0.508 e. The van der Waals surface area contributed by atoms with Crippen molar-refractivity contribution in [2.45, 2.75) is 6.61 Å². The van der Waals surface area contributed by atoms with E-state index in [2.05, 4.69) is 9.97 Å². The van der Waals surface area contributed by atoms with Crippen LogP contribution in [0.25, 0.3) is 22.5 Å². The van der Waals surface area contributed by atoms with E-state index < -0.39 is 0 Å². The molecule has 1 aromatic heterocycles. The van der Waals surface area contributed by atoms with Crippen LogP contribution in [0.2, 0.25) is 0 Å². The minimum absolute atomic E-state index is 0.236. The molecule has 0 bridgehead atoms. The van der Waals surface area contributed by atoms with Crippen LogP contribution in [0.1, 0.15) is 5.56 Å². The summed E-state index contributed by atoms with van der Waals surface area (Å²) in [5, 5.41) is 9.37. The maximum Gasteiger partial charge on any atom is 0.115 e. The Hall–Kier alpha value is -2.72. The summed E-state index contributed by atoms with van der Waals surface area (Å²) in [5.41, 5.74) is 4.60.